The SMILES string of the molecule is CCC1CCCCC1CCCNC. The van der Waals surface area contributed by atoms with Gasteiger partial charge >= 0.3 is 0 Å². The largest absolute Gasteiger partial charge is 0.320 e. The first kappa shape index (κ1) is 11.0. The third-order valence-electron chi connectivity index (χ3n) is 3.59. The smallest absolute Gasteiger partial charge is 0.00518 e. The number of hydrogen-bond donors (Lipinski definition) is 1. The van der Waals surface area contributed by atoms with Gasteiger partial charge in [0.15, 0.2) is 0 Å². The van der Waals surface area contributed by atoms with Gasteiger partial charge in [-0.3, -0.25) is 0 Å². The molecule has 1 nitrogen and oxygen atoms in total. The average molecular weight is 183 g/mol. The highest BCUT2D eigenvalue weighted by atomic mass is 14.8. The maximum atomic E-state index is 3.24. The summed E-state index contributed by atoms with van der Waals surface area (Å²) in [7, 11) is 2.05. The highest BCUT2D eigenvalue weighted by molar-refractivity contribution is 4.74. The predicted molar refractivity (Wildman–Crippen MR) is 58.9 cm³/mol. The van der Waals surface area contributed by atoms with Crippen molar-refractivity contribution in [3.05, 3.63) is 0 Å². The summed E-state index contributed by atoms with van der Waals surface area (Å²) in [5.74, 6) is 2.10. The highest BCUT2D eigenvalue weighted by Crippen LogP contribution is 2.34. The van der Waals surface area contributed by atoms with Gasteiger partial charge in [-0.1, -0.05) is 39.0 Å². The van der Waals surface area contributed by atoms with E-state index in [2.05, 4.69) is 19.3 Å². The molecule has 1 aliphatic rings. The summed E-state index contributed by atoms with van der Waals surface area (Å²) < 4.78 is 0. The number of hydrogen-bond acceptors (Lipinski definition) is 1. The lowest BCUT2D eigenvalue weighted by Crippen LogP contribution is -2.20. The van der Waals surface area contributed by atoms with Crippen molar-refractivity contribution in [1.82, 2.24) is 5.32 Å². The van der Waals surface area contributed by atoms with Crippen molar-refractivity contribution >= 4 is 0 Å². The molecule has 78 valence electrons. The minimum atomic E-state index is 1.05. The quantitative estimate of drug-likeness (QED) is 0.645. The van der Waals surface area contributed by atoms with Crippen molar-refractivity contribution in [3.63, 3.8) is 0 Å². The Hall–Kier alpha value is -0.0400. The zero-order valence-electron chi connectivity index (χ0n) is 9.31. The lowest BCUT2D eigenvalue weighted by molar-refractivity contribution is 0.214. The van der Waals surface area contributed by atoms with Crippen LogP contribution in [-0.2, 0) is 0 Å². The molecular formula is C12H25N. The molecule has 0 aromatic carbocycles. The van der Waals surface area contributed by atoms with E-state index in [0.29, 0.717) is 0 Å². The lowest BCUT2D eigenvalue weighted by atomic mass is 9.76. The van der Waals surface area contributed by atoms with Crippen LogP contribution in [0, 0.1) is 11.8 Å². The molecule has 0 heterocycles. The number of rotatable bonds is 5. The Morgan fingerprint density at radius 3 is 2.46 bits per heavy atom. The molecule has 1 saturated carbocycles. The molecule has 13 heavy (non-hydrogen) atoms. The lowest BCUT2D eigenvalue weighted by Gasteiger charge is -2.30. The van der Waals surface area contributed by atoms with Crippen molar-refractivity contribution < 1.29 is 0 Å². The Morgan fingerprint density at radius 2 is 1.85 bits per heavy atom. The Bertz CT molecular complexity index is 122. The van der Waals surface area contributed by atoms with Gasteiger partial charge in [0.2, 0.25) is 0 Å². The van der Waals surface area contributed by atoms with E-state index in [4.69, 9.17) is 0 Å². The van der Waals surface area contributed by atoms with Crippen molar-refractivity contribution in [2.45, 2.75) is 51.9 Å². The van der Waals surface area contributed by atoms with Crippen LogP contribution in [0.25, 0.3) is 0 Å². The van der Waals surface area contributed by atoms with Crippen LogP contribution in [0.5, 0.6) is 0 Å². The Labute approximate surface area is 83.3 Å². The molecule has 0 amide bonds. The second kappa shape index (κ2) is 6.42. The van der Waals surface area contributed by atoms with Crippen LogP contribution >= 0.6 is 0 Å². The first-order valence-corrected chi connectivity index (χ1v) is 6.03. The fourth-order valence-electron chi connectivity index (χ4n) is 2.74. The fraction of sp³-hybridized carbons (Fsp3) is 1.00. The Kier molecular flexibility index (Phi) is 5.45. The Morgan fingerprint density at radius 1 is 1.15 bits per heavy atom. The van der Waals surface area contributed by atoms with Gasteiger partial charge in [0.1, 0.15) is 0 Å². The van der Waals surface area contributed by atoms with Crippen LogP contribution in [0.4, 0.5) is 0 Å². The zero-order chi connectivity index (χ0) is 9.52. The molecular weight excluding hydrogens is 158 g/mol. The van der Waals surface area contributed by atoms with Crippen molar-refractivity contribution in [1.29, 1.82) is 0 Å². The summed E-state index contributed by atoms with van der Waals surface area (Å²) in [5.41, 5.74) is 0. The predicted octanol–water partition coefficient (Wildman–Crippen LogP) is 3.20. The molecule has 1 heteroatoms. The van der Waals surface area contributed by atoms with E-state index < -0.39 is 0 Å². The van der Waals surface area contributed by atoms with Crippen LogP contribution in [0.3, 0.4) is 0 Å². The third-order valence-corrected chi connectivity index (χ3v) is 3.59. The van der Waals surface area contributed by atoms with Gasteiger partial charge in [-0.25, -0.2) is 0 Å². The molecule has 0 saturated heterocycles. The maximum absolute atomic E-state index is 3.24. The summed E-state index contributed by atoms with van der Waals surface area (Å²) in [6.07, 6.45) is 10.2. The van der Waals surface area contributed by atoms with Gasteiger partial charge in [-0.2, -0.15) is 0 Å². The van der Waals surface area contributed by atoms with Crippen LogP contribution in [0.1, 0.15) is 51.9 Å². The van der Waals surface area contributed by atoms with E-state index >= 15 is 0 Å². The molecule has 0 aromatic heterocycles. The van der Waals surface area contributed by atoms with Crippen molar-refractivity contribution in [3.8, 4) is 0 Å². The van der Waals surface area contributed by atoms with Crippen LogP contribution in [0.2, 0.25) is 0 Å². The molecule has 1 rings (SSSR count). The first-order valence-electron chi connectivity index (χ1n) is 6.03. The van der Waals surface area contributed by atoms with E-state index in [1.807, 2.05) is 0 Å². The van der Waals surface area contributed by atoms with E-state index in [9.17, 15) is 0 Å². The van der Waals surface area contributed by atoms with Crippen molar-refractivity contribution in [2.24, 2.45) is 11.8 Å². The van der Waals surface area contributed by atoms with Crippen LogP contribution in [-0.4, -0.2) is 13.6 Å². The van der Waals surface area contributed by atoms with Gasteiger partial charge in [0.05, 0.1) is 0 Å². The highest BCUT2D eigenvalue weighted by Gasteiger charge is 2.22. The minimum Gasteiger partial charge on any atom is -0.320 e. The molecule has 1 N–H and O–H groups in total. The fourth-order valence-corrected chi connectivity index (χ4v) is 2.74. The summed E-state index contributed by atoms with van der Waals surface area (Å²) in [4.78, 5) is 0. The maximum Gasteiger partial charge on any atom is -0.00518 e. The normalized spacial score (nSPS) is 29.1. The molecule has 0 spiro atoms. The van der Waals surface area contributed by atoms with E-state index in [1.54, 1.807) is 0 Å². The third kappa shape index (κ3) is 3.68. The molecule has 0 radical (unpaired) electrons. The number of nitrogens with one attached hydrogen (secondary N) is 1. The second-order valence-corrected chi connectivity index (χ2v) is 4.46. The van der Waals surface area contributed by atoms with Gasteiger partial charge in [0.25, 0.3) is 0 Å². The molecule has 0 aromatic rings. The van der Waals surface area contributed by atoms with E-state index in [1.165, 1.54) is 51.5 Å². The molecule has 2 unspecified atom stereocenters. The van der Waals surface area contributed by atoms with Crippen molar-refractivity contribution in [2.75, 3.05) is 13.6 Å². The molecule has 2 atom stereocenters. The zero-order valence-corrected chi connectivity index (χ0v) is 9.31. The van der Waals surface area contributed by atoms with Gasteiger partial charge < -0.3 is 5.32 Å². The molecule has 0 bridgehead atoms. The van der Waals surface area contributed by atoms with Crippen LogP contribution in [0.15, 0.2) is 0 Å². The minimum absolute atomic E-state index is 1.05. The monoisotopic (exact) mass is 183 g/mol. The molecule has 1 fully saturated rings. The second-order valence-electron chi connectivity index (χ2n) is 4.46. The van der Waals surface area contributed by atoms with E-state index in [0.717, 1.165) is 11.8 Å². The van der Waals surface area contributed by atoms with Gasteiger partial charge in [-0.05, 0) is 38.3 Å². The Balaban J connectivity index is 2.19. The van der Waals surface area contributed by atoms with Gasteiger partial charge in [-0.15, -0.1) is 0 Å². The standard InChI is InChI=1S/C12H25N/c1-3-11-7-4-5-8-12(11)9-6-10-13-2/h11-13H,3-10H2,1-2H3. The van der Waals surface area contributed by atoms with Crippen LogP contribution < -0.4 is 5.32 Å². The van der Waals surface area contributed by atoms with Gasteiger partial charge in [0, 0.05) is 0 Å². The topological polar surface area (TPSA) is 12.0 Å². The summed E-state index contributed by atoms with van der Waals surface area (Å²) in [5, 5.41) is 3.24. The summed E-state index contributed by atoms with van der Waals surface area (Å²) >= 11 is 0. The summed E-state index contributed by atoms with van der Waals surface area (Å²) in [6.45, 7) is 3.56. The molecule has 1 aliphatic carbocycles. The molecule has 0 aliphatic heterocycles. The average Bonchev–Trinajstić information content (AvgIpc) is 2.19. The summed E-state index contributed by atoms with van der Waals surface area (Å²) in [6, 6.07) is 0. The first-order chi connectivity index (χ1) is 6.38. The van der Waals surface area contributed by atoms with E-state index in [-0.39, 0.29) is 0 Å².